The third-order valence-electron chi connectivity index (χ3n) is 3.64. The maximum absolute atomic E-state index is 10.9. The van der Waals surface area contributed by atoms with Crippen molar-refractivity contribution in [2.24, 2.45) is 5.14 Å². The number of thioether (sulfide) groups is 1. The van der Waals surface area contributed by atoms with Crippen LogP contribution in [0, 0.1) is 0 Å². The monoisotopic (exact) mass is 390 g/mol. The maximum Gasteiger partial charge on any atom is 0.333 e. The lowest BCUT2D eigenvalue weighted by molar-refractivity contribution is -0.0415. The molecule has 0 amide bonds. The average molecular weight is 390 g/mol. The van der Waals surface area contributed by atoms with Crippen molar-refractivity contribution in [1.29, 1.82) is 0 Å². The fourth-order valence-electron chi connectivity index (χ4n) is 2.58. The Hall–Kier alpha value is -1.51. The first kappa shape index (κ1) is 18.3. The number of aliphatic hydroxyl groups is 1. The zero-order chi connectivity index (χ0) is 18.2. The molecular formula is C12H18N6O5S2. The van der Waals surface area contributed by atoms with Crippen LogP contribution in [0.3, 0.4) is 0 Å². The van der Waals surface area contributed by atoms with Crippen molar-refractivity contribution in [3.8, 4) is 0 Å². The molecule has 3 rings (SSSR count). The van der Waals surface area contributed by atoms with Gasteiger partial charge in [0.05, 0.1) is 18.1 Å². The molecule has 0 saturated carbocycles. The van der Waals surface area contributed by atoms with Crippen LogP contribution >= 0.6 is 11.8 Å². The van der Waals surface area contributed by atoms with Crippen molar-refractivity contribution in [3.63, 3.8) is 0 Å². The highest BCUT2D eigenvalue weighted by Crippen LogP contribution is 2.35. The van der Waals surface area contributed by atoms with Gasteiger partial charge in [-0.15, -0.1) is 11.8 Å². The zero-order valence-electron chi connectivity index (χ0n) is 13.3. The van der Waals surface area contributed by atoms with E-state index in [1.54, 1.807) is 0 Å². The van der Waals surface area contributed by atoms with Crippen molar-refractivity contribution in [1.82, 2.24) is 19.7 Å². The number of aromatic nitrogens is 4. The van der Waals surface area contributed by atoms with Gasteiger partial charge in [0.1, 0.15) is 23.3 Å². The minimum atomic E-state index is -4.11. The third kappa shape index (κ3) is 3.86. The number of nitrogens with zero attached hydrogens (tertiary/aromatic N) is 4. The van der Waals surface area contributed by atoms with Gasteiger partial charge in [-0.3, -0.25) is 4.18 Å². The van der Waals surface area contributed by atoms with Gasteiger partial charge >= 0.3 is 10.3 Å². The summed E-state index contributed by atoms with van der Waals surface area (Å²) in [5.41, 5.74) is 6.42. The van der Waals surface area contributed by atoms with Crippen LogP contribution in [0.4, 0.5) is 5.82 Å². The van der Waals surface area contributed by atoms with Crippen LogP contribution < -0.4 is 10.9 Å². The number of nitrogens with two attached hydrogens (primary N) is 2. The Morgan fingerprint density at radius 2 is 2.28 bits per heavy atom. The summed E-state index contributed by atoms with van der Waals surface area (Å²) in [6, 6.07) is 0. The molecule has 1 saturated heterocycles. The van der Waals surface area contributed by atoms with Crippen LogP contribution in [0.1, 0.15) is 19.6 Å². The van der Waals surface area contributed by atoms with E-state index in [2.05, 4.69) is 19.2 Å². The van der Waals surface area contributed by atoms with Crippen molar-refractivity contribution in [2.75, 3.05) is 18.1 Å². The highest BCUT2D eigenvalue weighted by Gasteiger charge is 2.37. The first-order chi connectivity index (χ1) is 11.8. The molecule has 0 aliphatic carbocycles. The van der Waals surface area contributed by atoms with Crippen LogP contribution in [-0.2, 0) is 19.2 Å². The molecule has 2 aromatic heterocycles. The quantitative estimate of drug-likeness (QED) is 0.541. The fourth-order valence-corrected chi connectivity index (χ4v) is 3.66. The Bertz CT molecular complexity index is 872. The summed E-state index contributed by atoms with van der Waals surface area (Å²) >= 11 is 1.48. The number of nitrogen functional groups attached to an aromatic ring is 1. The van der Waals surface area contributed by atoms with Gasteiger partial charge in [0.25, 0.3) is 0 Å². The molecule has 2 aromatic rings. The SMILES string of the molecule is CCSc1nn([C@H]2C[C@H](O)[C@@H](COS(N)(=O)=O)O2)c2ncnc(N)c12. The van der Waals surface area contributed by atoms with E-state index in [0.717, 1.165) is 5.75 Å². The first-order valence-corrected chi connectivity index (χ1v) is 9.88. The van der Waals surface area contributed by atoms with Crippen molar-refractivity contribution in [2.45, 2.75) is 36.8 Å². The molecule has 0 spiro atoms. The van der Waals surface area contributed by atoms with E-state index in [4.69, 9.17) is 15.6 Å². The first-order valence-electron chi connectivity index (χ1n) is 7.42. The van der Waals surface area contributed by atoms with E-state index in [1.165, 1.54) is 22.8 Å². The molecule has 11 nitrogen and oxygen atoms in total. The summed E-state index contributed by atoms with van der Waals surface area (Å²) in [4.78, 5) is 8.20. The number of fused-ring (bicyclic) bond motifs is 1. The summed E-state index contributed by atoms with van der Waals surface area (Å²) in [6.07, 6.45) is -0.928. The third-order valence-corrected chi connectivity index (χ3v) is 4.95. The largest absolute Gasteiger partial charge is 0.390 e. The molecule has 3 heterocycles. The van der Waals surface area contributed by atoms with E-state index in [0.29, 0.717) is 21.9 Å². The smallest absolute Gasteiger partial charge is 0.333 e. The van der Waals surface area contributed by atoms with E-state index in [1.807, 2.05) is 6.92 Å². The maximum atomic E-state index is 10.9. The van der Waals surface area contributed by atoms with Gasteiger partial charge in [0.2, 0.25) is 0 Å². The number of rotatable bonds is 6. The van der Waals surface area contributed by atoms with Gasteiger partial charge in [-0.25, -0.2) is 19.8 Å². The average Bonchev–Trinajstić information content (AvgIpc) is 3.07. The van der Waals surface area contributed by atoms with Gasteiger partial charge in [-0.05, 0) is 5.75 Å². The highest BCUT2D eigenvalue weighted by atomic mass is 32.2. The Kier molecular flexibility index (Phi) is 5.13. The predicted molar refractivity (Wildman–Crippen MR) is 89.7 cm³/mol. The second-order valence-electron chi connectivity index (χ2n) is 5.35. The van der Waals surface area contributed by atoms with Crippen LogP contribution in [-0.4, -0.2) is 57.8 Å². The fraction of sp³-hybridized carbons (Fsp3) is 0.583. The summed E-state index contributed by atoms with van der Waals surface area (Å²) < 4.78 is 33.5. The number of hydrogen-bond acceptors (Lipinski definition) is 10. The molecule has 1 aliphatic rings. The van der Waals surface area contributed by atoms with E-state index < -0.39 is 28.7 Å². The molecule has 0 aromatic carbocycles. The van der Waals surface area contributed by atoms with Gasteiger partial charge in [0.15, 0.2) is 11.9 Å². The normalized spacial score (nSPS) is 24.2. The molecule has 3 atom stereocenters. The van der Waals surface area contributed by atoms with E-state index >= 15 is 0 Å². The Labute approximate surface area is 148 Å². The van der Waals surface area contributed by atoms with Crippen LogP contribution in [0.25, 0.3) is 11.0 Å². The number of aliphatic hydroxyl groups excluding tert-OH is 1. The standard InChI is InChI=1S/C12H18N6O5S2/c1-2-24-12-9-10(13)15-5-16-11(9)18(17-12)8-3-6(19)7(23-8)4-22-25(14,20)21/h5-8,19H,2-4H2,1H3,(H2,13,15,16)(H2,14,20,21)/t6-,7+,8+/m0/s1. The van der Waals surface area contributed by atoms with Gasteiger partial charge < -0.3 is 15.6 Å². The molecular weight excluding hydrogens is 372 g/mol. The molecule has 1 fully saturated rings. The van der Waals surface area contributed by atoms with Gasteiger partial charge in [-0.2, -0.15) is 13.5 Å². The molecule has 5 N–H and O–H groups in total. The molecule has 138 valence electrons. The Balaban J connectivity index is 1.88. The molecule has 1 aliphatic heterocycles. The highest BCUT2D eigenvalue weighted by molar-refractivity contribution is 7.99. The lowest BCUT2D eigenvalue weighted by Crippen LogP contribution is -2.30. The van der Waals surface area contributed by atoms with Crippen molar-refractivity contribution < 1.29 is 22.4 Å². The molecule has 25 heavy (non-hydrogen) atoms. The van der Waals surface area contributed by atoms with Crippen molar-refractivity contribution in [3.05, 3.63) is 6.33 Å². The van der Waals surface area contributed by atoms with Crippen LogP contribution in [0.2, 0.25) is 0 Å². The van der Waals surface area contributed by atoms with Crippen molar-refractivity contribution >= 4 is 38.9 Å². The summed E-state index contributed by atoms with van der Waals surface area (Å²) in [7, 11) is -4.11. The second kappa shape index (κ2) is 7.01. The van der Waals surface area contributed by atoms with Crippen LogP contribution in [0.15, 0.2) is 11.4 Å². The number of hydrogen-bond donors (Lipinski definition) is 3. The number of ether oxygens (including phenoxy) is 1. The van der Waals surface area contributed by atoms with E-state index in [-0.39, 0.29) is 13.0 Å². The topological polar surface area (TPSA) is 168 Å². The predicted octanol–water partition coefficient (Wildman–Crippen LogP) is -0.611. The summed E-state index contributed by atoms with van der Waals surface area (Å²) in [5, 5.41) is 20.7. The van der Waals surface area contributed by atoms with Crippen LogP contribution in [0.5, 0.6) is 0 Å². The summed E-state index contributed by atoms with van der Waals surface area (Å²) in [6.45, 7) is 1.59. The van der Waals surface area contributed by atoms with Gasteiger partial charge in [0, 0.05) is 6.42 Å². The molecule has 0 radical (unpaired) electrons. The lowest BCUT2D eigenvalue weighted by atomic mass is 10.2. The molecule has 13 heteroatoms. The summed E-state index contributed by atoms with van der Waals surface area (Å²) in [5.74, 6) is 1.08. The van der Waals surface area contributed by atoms with Gasteiger partial charge in [-0.1, -0.05) is 6.92 Å². The second-order valence-corrected chi connectivity index (χ2v) is 7.82. The Morgan fingerprint density at radius 3 is 2.96 bits per heavy atom. The van der Waals surface area contributed by atoms with E-state index in [9.17, 15) is 13.5 Å². The Morgan fingerprint density at radius 1 is 1.52 bits per heavy atom. The number of anilines is 1. The lowest BCUT2D eigenvalue weighted by Gasteiger charge is -2.14. The molecule has 0 unspecified atom stereocenters. The molecule has 0 bridgehead atoms. The minimum absolute atomic E-state index is 0.190. The zero-order valence-corrected chi connectivity index (χ0v) is 14.9. The minimum Gasteiger partial charge on any atom is -0.390 e.